The van der Waals surface area contributed by atoms with E-state index in [1.807, 2.05) is 44.2 Å². The molecule has 0 aliphatic heterocycles. The molecule has 1 heterocycles. The molecule has 0 fully saturated rings. The number of carbonyl (C=O) groups is 2. The summed E-state index contributed by atoms with van der Waals surface area (Å²) in [5.41, 5.74) is 3.49. The van der Waals surface area contributed by atoms with E-state index in [1.165, 1.54) is 17.4 Å². The summed E-state index contributed by atoms with van der Waals surface area (Å²) in [5.74, 6) is -0.403. The average Bonchev–Trinajstić information content (AvgIpc) is 3.26. The molecule has 0 aliphatic carbocycles. The molecular weight excluding hydrogens is 448 g/mol. The third-order valence-corrected chi connectivity index (χ3v) is 5.78. The second-order valence-corrected chi connectivity index (χ2v) is 8.36. The van der Waals surface area contributed by atoms with E-state index >= 15 is 0 Å². The molecule has 0 aliphatic rings. The summed E-state index contributed by atoms with van der Waals surface area (Å²) in [6.45, 7) is 6.56. The summed E-state index contributed by atoms with van der Waals surface area (Å²) >= 11 is 1.22. The predicted octanol–water partition coefficient (Wildman–Crippen LogP) is 6.23. The minimum Gasteiger partial charge on any atom is -0.494 e. The van der Waals surface area contributed by atoms with E-state index in [9.17, 15) is 14.9 Å². The first kappa shape index (κ1) is 24.7. The van der Waals surface area contributed by atoms with Gasteiger partial charge in [-0.2, -0.15) is 5.26 Å². The van der Waals surface area contributed by atoms with Crippen molar-refractivity contribution in [2.75, 3.05) is 18.5 Å². The number of nitriles is 1. The number of benzene rings is 2. The second-order valence-electron chi connectivity index (χ2n) is 7.48. The van der Waals surface area contributed by atoms with Gasteiger partial charge >= 0.3 is 5.97 Å². The summed E-state index contributed by atoms with van der Waals surface area (Å²) in [4.78, 5) is 25.7. The Morgan fingerprint density at radius 1 is 1.09 bits per heavy atom. The van der Waals surface area contributed by atoms with Gasteiger partial charge in [0.2, 0.25) is 0 Å². The molecule has 0 unspecified atom stereocenters. The molecule has 0 bridgehead atoms. The van der Waals surface area contributed by atoms with Crippen molar-refractivity contribution in [3.63, 3.8) is 0 Å². The van der Waals surface area contributed by atoms with Gasteiger partial charge < -0.3 is 14.8 Å². The fourth-order valence-electron chi connectivity index (χ4n) is 3.17. The molecule has 7 heteroatoms. The molecule has 174 valence electrons. The van der Waals surface area contributed by atoms with Crippen LogP contribution in [0.15, 0.2) is 59.5 Å². The number of thiophene rings is 1. The van der Waals surface area contributed by atoms with E-state index in [0.717, 1.165) is 23.3 Å². The molecule has 34 heavy (non-hydrogen) atoms. The molecule has 0 radical (unpaired) electrons. The van der Waals surface area contributed by atoms with Crippen LogP contribution in [0.5, 0.6) is 5.75 Å². The lowest BCUT2D eigenvalue weighted by Gasteiger charge is -2.09. The molecule has 0 saturated carbocycles. The Bertz CT molecular complexity index is 1220. The van der Waals surface area contributed by atoms with E-state index < -0.39 is 11.9 Å². The Kier molecular flexibility index (Phi) is 8.60. The molecule has 3 rings (SSSR count). The lowest BCUT2D eigenvalue weighted by Crippen LogP contribution is -2.16. The van der Waals surface area contributed by atoms with Crippen molar-refractivity contribution in [2.45, 2.75) is 27.2 Å². The van der Waals surface area contributed by atoms with Crippen molar-refractivity contribution in [2.24, 2.45) is 0 Å². The maximum atomic E-state index is 12.9. The largest absolute Gasteiger partial charge is 0.494 e. The van der Waals surface area contributed by atoms with E-state index in [1.54, 1.807) is 36.6 Å². The van der Waals surface area contributed by atoms with Gasteiger partial charge in [0.15, 0.2) is 0 Å². The van der Waals surface area contributed by atoms with Gasteiger partial charge in [-0.15, -0.1) is 11.3 Å². The summed E-state index contributed by atoms with van der Waals surface area (Å²) in [6.07, 6.45) is 2.40. The number of esters is 1. The van der Waals surface area contributed by atoms with Crippen LogP contribution >= 0.6 is 11.3 Å². The summed E-state index contributed by atoms with van der Waals surface area (Å²) in [7, 11) is 0. The number of anilines is 1. The summed E-state index contributed by atoms with van der Waals surface area (Å²) in [6, 6.07) is 16.8. The number of carbonyl (C=O) groups excluding carboxylic acids is 2. The molecule has 0 saturated heterocycles. The number of aryl methyl sites for hydroxylation is 1. The number of nitrogens with zero attached hydrogens (tertiary/aromatic N) is 1. The minimum atomic E-state index is -0.600. The number of amides is 1. The SMILES string of the molecule is CCCOc1ccc(/C=C(\C#N)C(=O)Nc2scc(-c3ccc(C)cc3)c2C(=O)OCC)cc1. The van der Waals surface area contributed by atoms with Gasteiger partial charge in [-0.1, -0.05) is 48.9 Å². The molecule has 3 aromatic rings. The number of hydrogen-bond donors (Lipinski definition) is 1. The highest BCUT2D eigenvalue weighted by atomic mass is 32.1. The van der Waals surface area contributed by atoms with Crippen LogP contribution in [-0.4, -0.2) is 25.1 Å². The first-order valence-corrected chi connectivity index (χ1v) is 11.9. The zero-order chi connectivity index (χ0) is 24.5. The van der Waals surface area contributed by atoms with Gasteiger partial charge in [0.1, 0.15) is 28.0 Å². The molecule has 1 N–H and O–H groups in total. The Morgan fingerprint density at radius 2 is 1.79 bits per heavy atom. The van der Waals surface area contributed by atoms with Crippen LogP contribution in [0.25, 0.3) is 17.2 Å². The number of ether oxygens (including phenoxy) is 2. The van der Waals surface area contributed by atoms with Crippen LogP contribution in [0.3, 0.4) is 0 Å². The maximum Gasteiger partial charge on any atom is 0.341 e. The van der Waals surface area contributed by atoms with Gasteiger partial charge in [0.05, 0.1) is 13.2 Å². The van der Waals surface area contributed by atoms with Crippen LogP contribution in [-0.2, 0) is 9.53 Å². The third kappa shape index (κ3) is 6.12. The van der Waals surface area contributed by atoms with E-state index in [0.29, 0.717) is 22.7 Å². The third-order valence-electron chi connectivity index (χ3n) is 4.89. The summed E-state index contributed by atoms with van der Waals surface area (Å²) < 4.78 is 10.8. The first-order valence-electron chi connectivity index (χ1n) is 11.0. The fourth-order valence-corrected chi connectivity index (χ4v) is 4.12. The van der Waals surface area contributed by atoms with Crippen molar-refractivity contribution >= 4 is 34.3 Å². The predicted molar refractivity (Wildman–Crippen MR) is 135 cm³/mol. The second kappa shape index (κ2) is 11.8. The number of nitrogens with one attached hydrogen (secondary N) is 1. The van der Waals surface area contributed by atoms with Crippen molar-refractivity contribution in [3.8, 4) is 22.9 Å². The normalized spacial score (nSPS) is 10.9. The van der Waals surface area contributed by atoms with Gasteiger partial charge in [0, 0.05) is 10.9 Å². The lowest BCUT2D eigenvalue weighted by molar-refractivity contribution is -0.112. The standard InChI is InChI=1S/C27H26N2O4S/c1-4-14-33-22-12-8-19(9-13-22)15-21(16-28)25(30)29-26-24(27(31)32-5-2)23(17-34-26)20-10-6-18(3)7-11-20/h6-13,15,17H,4-5,14H2,1-3H3,(H,29,30)/b21-15+. The topological polar surface area (TPSA) is 88.4 Å². The maximum absolute atomic E-state index is 12.9. The fraction of sp³-hybridized carbons (Fsp3) is 0.222. The van der Waals surface area contributed by atoms with Crippen LogP contribution < -0.4 is 10.1 Å². The van der Waals surface area contributed by atoms with Crippen molar-refractivity contribution < 1.29 is 19.1 Å². The Morgan fingerprint density at radius 3 is 2.41 bits per heavy atom. The van der Waals surface area contributed by atoms with Crippen LogP contribution in [0.2, 0.25) is 0 Å². The van der Waals surface area contributed by atoms with Crippen LogP contribution in [0.4, 0.5) is 5.00 Å². The van der Waals surface area contributed by atoms with E-state index in [4.69, 9.17) is 9.47 Å². The molecule has 1 aromatic heterocycles. The molecule has 0 atom stereocenters. The summed E-state index contributed by atoms with van der Waals surface area (Å²) in [5, 5.41) is 14.5. The first-order chi connectivity index (χ1) is 16.5. The molecular formula is C27H26N2O4S. The Labute approximate surface area is 203 Å². The van der Waals surface area contributed by atoms with Crippen LogP contribution in [0, 0.1) is 18.3 Å². The quantitative estimate of drug-likeness (QED) is 0.225. The smallest absolute Gasteiger partial charge is 0.341 e. The highest BCUT2D eigenvalue weighted by Crippen LogP contribution is 2.36. The molecule has 2 aromatic carbocycles. The van der Waals surface area contributed by atoms with Crippen molar-refractivity contribution in [3.05, 3.63) is 76.2 Å². The average molecular weight is 475 g/mol. The molecule has 0 spiro atoms. The highest BCUT2D eigenvalue weighted by Gasteiger charge is 2.23. The number of rotatable bonds is 9. The Balaban J connectivity index is 1.87. The number of hydrogen-bond acceptors (Lipinski definition) is 6. The van der Waals surface area contributed by atoms with Crippen molar-refractivity contribution in [1.82, 2.24) is 0 Å². The Hall–Kier alpha value is -3.89. The van der Waals surface area contributed by atoms with Gasteiger partial charge in [0.25, 0.3) is 5.91 Å². The van der Waals surface area contributed by atoms with Crippen LogP contribution in [0.1, 0.15) is 41.8 Å². The lowest BCUT2D eigenvalue weighted by atomic mass is 10.0. The van der Waals surface area contributed by atoms with Crippen molar-refractivity contribution in [1.29, 1.82) is 5.26 Å². The zero-order valence-corrected chi connectivity index (χ0v) is 20.2. The highest BCUT2D eigenvalue weighted by molar-refractivity contribution is 7.15. The van der Waals surface area contributed by atoms with Gasteiger partial charge in [-0.3, -0.25) is 4.79 Å². The van der Waals surface area contributed by atoms with Gasteiger partial charge in [-0.25, -0.2) is 4.79 Å². The van der Waals surface area contributed by atoms with E-state index in [-0.39, 0.29) is 17.7 Å². The zero-order valence-electron chi connectivity index (χ0n) is 19.4. The minimum absolute atomic E-state index is 0.0812. The van der Waals surface area contributed by atoms with Gasteiger partial charge in [-0.05, 0) is 49.6 Å². The molecule has 6 nitrogen and oxygen atoms in total. The molecule has 1 amide bonds. The van der Waals surface area contributed by atoms with E-state index in [2.05, 4.69) is 5.32 Å². The monoisotopic (exact) mass is 474 g/mol.